The van der Waals surface area contributed by atoms with E-state index in [0.717, 1.165) is 25.8 Å². The molecule has 0 aromatic heterocycles. The van der Waals surface area contributed by atoms with Crippen molar-refractivity contribution in [3.05, 3.63) is 60.7 Å². The minimum atomic E-state index is -2.46. The van der Waals surface area contributed by atoms with E-state index in [9.17, 15) is 8.78 Å². The van der Waals surface area contributed by atoms with Gasteiger partial charge in [0, 0.05) is 25.0 Å². The molecule has 0 aliphatic heterocycles. The zero-order chi connectivity index (χ0) is 24.2. The van der Waals surface area contributed by atoms with Gasteiger partial charge in [-0.1, -0.05) is 81.4 Å². The summed E-state index contributed by atoms with van der Waals surface area (Å²) in [5.41, 5.74) is 0. The molecule has 2 nitrogen and oxygen atoms in total. The third kappa shape index (κ3) is 5.80. The summed E-state index contributed by atoms with van der Waals surface area (Å²) >= 11 is 0. The fraction of sp³-hybridized carbons (Fsp3) is 0.586. The molecule has 34 heavy (non-hydrogen) atoms. The second-order valence-corrected chi connectivity index (χ2v) is 15.7. The highest BCUT2D eigenvalue weighted by atomic mass is 28.4. The topological polar surface area (TPSA) is 21.3 Å². The lowest BCUT2D eigenvalue weighted by atomic mass is 9.79. The maximum absolute atomic E-state index is 13.3. The molecule has 2 saturated carbocycles. The van der Waals surface area contributed by atoms with E-state index < -0.39 is 14.2 Å². The summed E-state index contributed by atoms with van der Waals surface area (Å²) in [6, 6.07) is 22.0. The maximum Gasteiger partial charge on any atom is 0.261 e. The van der Waals surface area contributed by atoms with Gasteiger partial charge >= 0.3 is 0 Å². The van der Waals surface area contributed by atoms with Crippen molar-refractivity contribution in [2.75, 3.05) is 6.54 Å². The summed E-state index contributed by atoms with van der Waals surface area (Å²) in [6.07, 6.45) is 6.14. The van der Waals surface area contributed by atoms with E-state index >= 15 is 0 Å². The zero-order valence-corrected chi connectivity index (χ0v) is 22.0. The Morgan fingerprint density at radius 3 is 1.94 bits per heavy atom. The van der Waals surface area contributed by atoms with Gasteiger partial charge < -0.3 is 9.74 Å². The molecule has 2 aliphatic carbocycles. The number of hydrogen-bond acceptors (Lipinski definition) is 2. The van der Waals surface area contributed by atoms with Gasteiger partial charge in [-0.2, -0.15) is 0 Å². The second-order valence-electron chi connectivity index (χ2n) is 11.5. The summed E-state index contributed by atoms with van der Waals surface area (Å²) in [5.74, 6) is -1.73. The van der Waals surface area contributed by atoms with E-state index in [0.29, 0.717) is 24.9 Å². The van der Waals surface area contributed by atoms with Crippen LogP contribution in [-0.2, 0) is 4.43 Å². The molecule has 0 atom stereocenters. The average molecular weight is 486 g/mol. The fourth-order valence-corrected chi connectivity index (χ4v) is 10.6. The summed E-state index contributed by atoms with van der Waals surface area (Å²) in [5, 5.41) is 6.23. The van der Waals surface area contributed by atoms with E-state index in [4.69, 9.17) is 4.43 Å². The number of benzene rings is 2. The average Bonchev–Trinajstić information content (AvgIpc) is 2.78. The summed E-state index contributed by atoms with van der Waals surface area (Å²) in [6.45, 7) is 7.94. The number of nitrogens with one attached hydrogen (secondary N) is 1. The van der Waals surface area contributed by atoms with Gasteiger partial charge in [0.1, 0.15) is 0 Å². The number of halogens is 2. The van der Waals surface area contributed by atoms with Gasteiger partial charge in [-0.05, 0) is 66.4 Å². The van der Waals surface area contributed by atoms with Crippen molar-refractivity contribution in [2.45, 2.75) is 95.2 Å². The molecule has 0 saturated heterocycles. The fourth-order valence-electron chi connectivity index (χ4n) is 5.89. The Labute approximate surface area is 205 Å². The molecule has 0 amide bonds. The standard InChI is InChI=1S/C29H41F2NOSi/c1-28(2,3)34(26-12-6-4-7-13-26,27-14-8-5-9-15-27)33-25-21-23(22-25)11-10-20-32-24-16-18-29(30,31)19-17-24/h4-9,12-15,23-25,32H,10-11,16-22H2,1-3H3. The minimum absolute atomic E-state index is 0.0154. The van der Waals surface area contributed by atoms with E-state index in [1.54, 1.807) is 0 Å². The van der Waals surface area contributed by atoms with Crippen LogP contribution in [0.3, 0.4) is 0 Å². The quantitative estimate of drug-likeness (QED) is 0.333. The molecule has 0 radical (unpaired) electrons. The lowest BCUT2D eigenvalue weighted by molar-refractivity contribution is -0.0404. The van der Waals surface area contributed by atoms with Crippen molar-refractivity contribution in [3.8, 4) is 0 Å². The first kappa shape index (κ1) is 25.5. The summed E-state index contributed by atoms with van der Waals surface area (Å²) < 4.78 is 33.9. The van der Waals surface area contributed by atoms with Gasteiger partial charge in [-0.15, -0.1) is 0 Å². The van der Waals surface area contributed by atoms with Crippen LogP contribution < -0.4 is 15.7 Å². The first-order valence-corrected chi connectivity index (χ1v) is 15.0. The Bertz CT molecular complexity index is 844. The van der Waals surface area contributed by atoms with Gasteiger partial charge in [0.2, 0.25) is 5.92 Å². The van der Waals surface area contributed by atoms with Gasteiger partial charge in [0.25, 0.3) is 8.32 Å². The molecule has 1 N–H and O–H groups in total. The molecule has 0 heterocycles. The van der Waals surface area contributed by atoms with Crippen molar-refractivity contribution in [3.63, 3.8) is 0 Å². The van der Waals surface area contributed by atoms with E-state index in [2.05, 4.69) is 86.8 Å². The Hall–Kier alpha value is -1.56. The highest BCUT2D eigenvalue weighted by Gasteiger charge is 2.52. The third-order valence-corrected chi connectivity index (χ3v) is 13.0. The number of rotatable bonds is 9. The predicted octanol–water partition coefficient (Wildman–Crippen LogP) is 6.29. The van der Waals surface area contributed by atoms with Crippen LogP contribution in [0.2, 0.25) is 5.04 Å². The van der Waals surface area contributed by atoms with Crippen molar-refractivity contribution in [2.24, 2.45) is 5.92 Å². The Morgan fingerprint density at radius 1 is 0.912 bits per heavy atom. The van der Waals surface area contributed by atoms with Crippen LogP contribution in [0.1, 0.15) is 72.1 Å². The van der Waals surface area contributed by atoms with Crippen molar-refractivity contribution in [1.29, 1.82) is 0 Å². The van der Waals surface area contributed by atoms with Crippen molar-refractivity contribution in [1.82, 2.24) is 5.32 Å². The van der Waals surface area contributed by atoms with Crippen molar-refractivity contribution < 1.29 is 13.2 Å². The van der Waals surface area contributed by atoms with Crippen LogP contribution in [-0.4, -0.2) is 32.9 Å². The molecule has 2 aromatic carbocycles. The normalized spacial score (nSPS) is 23.4. The third-order valence-electron chi connectivity index (χ3n) is 7.89. The van der Waals surface area contributed by atoms with Crippen LogP contribution >= 0.6 is 0 Å². The number of hydrogen-bond donors (Lipinski definition) is 1. The molecule has 4 rings (SSSR count). The number of alkyl halides is 2. The second kappa shape index (κ2) is 10.6. The first-order chi connectivity index (χ1) is 16.2. The SMILES string of the molecule is CC(C)(C)[Si](OC1CC(CCCNC2CCC(F)(F)CC2)C1)(c1ccccc1)c1ccccc1. The lowest BCUT2D eigenvalue weighted by Gasteiger charge is -2.48. The molecular weight excluding hydrogens is 444 g/mol. The van der Waals surface area contributed by atoms with Crippen LogP contribution in [0, 0.1) is 5.92 Å². The molecule has 2 fully saturated rings. The molecule has 0 unspecified atom stereocenters. The molecule has 5 heteroatoms. The largest absolute Gasteiger partial charge is 0.404 e. The Kier molecular flexibility index (Phi) is 7.95. The van der Waals surface area contributed by atoms with Crippen LogP contribution in [0.15, 0.2) is 60.7 Å². The molecule has 0 spiro atoms. The Balaban J connectivity index is 1.33. The Morgan fingerprint density at radius 2 is 1.44 bits per heavy atom. The molecule has 0 bridgehead atoms. The van der Waals surface area contributed by atoms with Gasteiger partial charge in [0.05, 0.1) is 0 Å². The molecule has 2 aliphatic rings. The van der Waals surface area contributed by atoms with Crippen LogP contribution in [0.5, 0.6) is 0 Å². The molecule has 186 valence electrons. The zero-order valence-electron chi connectivity index (χ0n) is 21.0. The smallest absolute Gasteiger partial charge is 0.261 e. The highest BCUT2D eigenvalue weighted by molar-refractivity contribution is 6.99. The highest BCUT2D eigenvalue weighted by Crippen LogP contribution is 2.42. The van der Waals surface area contributed by atoms with Gasteiger partial charge in [-0.3, -0.25) is 0 Å². The first-order valence-electron chi connectivity index (χ1n) is 13.1. The van der Waals surface area contributed by atoms with Crippen LogP contribution in [0.4, 0.5) is 8.78 Å². The van der Waals surface area contributed by atoms with Crippen LogP contribution in [0.25, 0.3) is 0 Å². The van der Waals surface area contributed by atoms with E-state index in [1.165, 1.54) is 16.8 Å². The maximum atomic E-state index is 13.3. The summed E-state index contributed by atoms with van der Waals surface area (Å²) in [7, 11) is -2.46. The van der Waals surface area contributed by atoms with Gasteiger partial charge in [-0.25, -0.2) is 8.78 Å². The molecular formula is C29H41F2NOSi. The van der Waals surface area contributed by atoms with E-state index in [1.807, 2.05) is 0 Å². The van der Waals surface area contributed by atoms with E-state index in [-0.39, 0.29) is 23.9 Å². The summed E-state index contributed by atoms with van der Waals surface area (Å²) in [4.78, 5) is 0. The van der Waals surface area contributed by atoms with Crippen molar-refractivity contribution >= 4 is 18.7 Å². The van der Waals surface area contributed by atoms with Gasteiger partial charge in [0.15, 0.2) is 0 Å². The minimum Gasteiger partial charge on any atom is -0.404 e. The molecule has 2 aromatic rings. The predicted molar refractivity (Wildman–Crippen MR) is 140 cm³/mol. The lowest BCUT2D eigenvalue weighted by Crippen LogP contribution is -2.68. The monoisotopic (exact) mass is 485 g/mol.